The molecule has 2 aliphatic heterocycles. The molecule has 1 saturated heterocycles. The average Bonchev–Trinajstić information content (AvgIpc) is 3.17. The van der Waals surface area contributed by atoms with Gasteiger partial charge in [-0.1, -0.05) is 35.9 Å². The molecule has 7 nitrogen and oxygen atoms in total. The number of rotatable bonds is 5. The van der Waals surface area contributed by atoms with E-state index in [-0.39, 0.29) is 42.2 Å². The molecule has 0 spiro atoms. The van der Waals surface area contributed by atoms with E-state index in [9.17, 15) is 28.0 Å². The number of benzene rings is 2. The van der Waals surface area contributed by atoms with Crippen molar-refractivity contribution in [2.45, 2.75) is 36.7 Å². The highest BCUT2D eigenvalue weighted by Gasteiger charge is 2.53. The number of hydrogen-bond acceptors (Lipinski definition) is 4. The maximum Gasteiger partial charge on any atom is 0.348 e. The Kier molecular flexibility index (Phi) is 6.58. The topological polar surface area (TPSA) is 78.0 Å². The standard InChI is InChI=1S/C22H22B4ClF2N3O4/c23-16-8-17(33)32(26)19(35)21(16,24)30-10-12-7-11(1-6-15(12)18(30)34)9-31(25)20(36)22(28,29)13-2-4-14(27)5-3-13/h1-7,16H,8-10,23-26H2/t16?,21-/m0/s1. The van der Waals surface area contributed by atoms with E-state index in [1.807, 2.05) is 0 Å². The molecule has 1 unspecified atom stereocenters. The van der Waals surface area contributed by atoms with Crippen molar-refractivity contribution in [2.24, 2.45) is 0 Å². The van der Waals surface area contributed by atoms with Crippen LogP contribution < -0.4 is 0 Å². The van der Waals surface area contributed by atoms with Crippen LogP contribution in [-0.2, 0) is 33.4 Å². The van der Waals surface area contributed by atoms with E-state index in [1.165, 1.54) is 33.0 Å². The Balaban J connectivity index is 1.53. The Hall–Kier alpha value is -3.07. The predicted octanol–water partition coefficient (Wildman–Crippen LogP) is -0.977. The Labute approximate surface area is 215 Å². The first kappa shape index (κ1) is 26.0. The number of nitrogens with zero attached hydrogens (tertiary/aromatic N) is 3. The molecule has 4 rings (SSSR count). The molecule has 0 aliphatic carbocycles. The minimum absolute atomic E-state index is 0.104. The summed E-state index contributed by atoms with van der Waals surface area (Å²) in [5.74, 6) is -6.56. The molecule has 2 aromatic rings. The van der Waals surface area contributed by atoms with E-state index in [4.69, 9.17) is 11.6 Å². The van der Waals surface area contributed by atoms with Crippen LogP contribution in [0.1, 0.15) is 33.5 Å². The number of halogens is 3. The lowest BCUT2D eigenvalue weighted by Crippen LogP contribution is -2.66. The Morgan fingerprint density at radius 3 is 2.44 bits per heavy atom. The van der Waals surface area contributed by atoms with E-state index in [2.05, 4.69) is 0 Å². The molecule has 0 aromatic heterocycles. The second kappa shape index (κ2) is 9.10. The molecule has 0 N–H and O–H groups in total. The summed E-state index contributed by atoms with van der Waals surface area (Å²) in [4.78, 5) is 54.4. The van der Waals surface area contributed by atoms with Crippen LogP contribution in [0.25, 0.3) is 0 Å². The minimum Gasteiger partial charge on any atom is -0.384 e. The van der Waals surface area contributed by atoms with Crippen LogP contribution >= 0.6 is 11.6 Å². The van der Waals surface area contributed by atoms with Crippen molar-refractivity contribution in [3.8, 4) is 0 Å². The molecule has 1 fully saturated rings. The number of fused-ring (bicyclic) bond motifs is 1. The van der Waals surface area contributed by atoms with Crippen molar-refractivity contribution < 1.29 is 28.0 Å². The van der Waals surface area contributed by atoms with Gasteiger partial charge in [0.1, 0.15) is 15.7 Å². The summed E-state index contributed by atoms with van der Waals surface area (Å²) in [7, 11) is 6.13. The number of alkyl halides is 2. The Morgan fingerprint density at radius 1 is 1.17 bits per heavy atom. The predicted molar refractivity (Wildman–Crippen MR) is 139 cm³/mol. The molecule has 0 saturated carbocycles. The number of amides is 4. The van der Waals surface area contributed by atoms with Gasteiger partial charge in [0.2, 0.25) is 27.8 Å². The van der Waals surface area contributed by atoms with Gasteiger partial charge >= 0.3 is 5.92 Å². The van der Waals surface area contributed by atoms with Crippen LogP contribution in [-0.4, -0.2) is 75.2 Å². The van der Waals surface area contributed by atoms with E-state index in [0.717, 1.165) is 21.8 Å². The average molecular weight is 509 g/mol. The molecule has 2 heterocycles. The highest BCUT2D eigenvalue weighted by atomic mass is 35.5. The van der Waals surface area contributed by atoms with Gasteiger partial charge in [0.05, 0.1) is 5.44 Å². The van der Waals surface area contributed by atoms with Crippen LogP contribution in [0.5, 0.6) is 0 Å². The lowest BCUT2D eigenvalue weighted by atomic mass is 9.55. The van der Waals surface area contributed by atoms with Crippen LogP contribution in [0.3, 0.4) is 0 Å². The van der Waals surface area contributed by atoms with E-state index in [0.29, 0.717) is 16.7 Å². The third kappa shape index (κ3) is 4.13. The van der Waals surface area contributed by atoms with E-state index < -0.39 is 28.7 Å². The van der Waals surface area contributed by atoms with Gasteiger partial charge in [-0.2, -0.15) is 8.78 Å². The number of imide groups is 1. The maximum atomic E-state index is 14.8. The highest BCUT2D eigenvalue weighted by molar-refractivity contribution is 6.42. The fourth-order valence-electron chi connectivity index (χ4n) is 4.86. The normalized spacial score (nSPS) is 22.1. The van der Waals surface area contributed by atoms with Crippen molar-refractivity contribution in [3.63, 3.8) is 0 Å². The van der Waals surface area contributed by atoms with E-state index >= 15 is 0 Å². The van der Waals surface area contributed by atoms with Gasteiger partial charge in [-0.15, -0.1) is 0 Å². The molecule has 2 aliphatic rings. The zero-order valence-corrected chi connectivity index (χ0v) is 21.1. The third-order valence-corrected chi connectivity index (χ3v) is 7.58. The van der Waals surface area contributed by atoms with Gasteiger partial charge in [-0.25, -0.2) is 0 Å². The van der Waals surface area contributed by atoms with Crippen LogP contribution in [0.4, 0.5) is 8.78 Å². The molecule has 14 heteroatoms. The Morgan fingerprint density at radius 2 is 1.81 bits per heavy atom. The lowest BCUT2D eigenvalue weighted by Gasteiger charge is -2.47. The molecule has 2 aromatic carbocycles. The van der Waals surface area contributed by atoms with E-state index in [1.54, 1.807) is 33.9 Å². The van der Waals surface area contributed by atoms with Crippen molar-refractivity contribution in [1.29, 1.82) is 0 Å². The molecular weight excluding hydrogens is 487 g/mol. The monoisotopic (exact) mass is 509 g/mol. The van der Waals surface area contributed by atoms with Crippen LogP contribution in [0, 0.1) is 0 Å². The van der Waals surface area contributed by atoms with Gasteiger partial charge in [-0.05, 0) is 35.1 Å². The van der Waals surface area contributed by atoms with Gasteiger partial charge in [0, 0.05) is 35.7 Å². The maximum absolute atomic E-state index is 14.8. The zero-order valence-electron chi connectivity index (χ0n) is 20.3. The van der Waals surface area contributed by atoms with Crippen molar-refractivity contribution in [1.82, 2.24) is 14.5 Å². The fourth-order valence-corrected chi connectivity index (χ4v) is 4.98. The summed E-state index contributed by atoms with van der Waals surface area (Å²) >= 11 is 5.76. The van der Waals surface area contributed by atoms with Crippen LogP contribution in [0.15, 0.2) is 42.5 Å². The molecule has 4 amide bonds. The lowest BCUT2D eigenvalue weighted by molar-refractivity contribution is -0.154. The van der Waals surface area contributed by atoms with Gasteiger partial charge in [0.15, 0.2) is 0 Å². The summed E-state index contributed by atoms with van der Waals surface area (Å²) < 4.78 is 29.6. The summed E-state index contributed by atoms with van der Waals surface area (Å²) in [5.41, 5.74) is -0.0658. The van der Waals surface area contributed by atoms with Gasteiger partial charge in [-0.3, -0.25) is 19.2 Å². The molecule has 0 radical (unpaired) electrons. The first-order chi connectivity index (χ1) is 16.8. The number of carbonyl (C=O) groups excluding carboxylic acids is 4. The van der Waals surface area contributed by atoms with Crippen LogP contribution in [0.2, 0.25) is 10.8 Å². The second-order valence-electron chi connectivity index (χ2n) is 9.64. The minimum atomic E-state index is -3.74. The molecule has 2 atom stereocenters. The summed E-state index contributed by atoms with van der Waals surface area (Å²) in [6.07, 6.45) is 0.138. The largest absolute Gasteiger partial charge is 0.384 e. The smallest absolute Gasteiger partial charge is 0.348 e. The zero-order chi connectivity index (χ0) is 26.6. The number of carbonyl (C=O) groups is 4. The summed E-state index contributed by atoms with van der Waals surface area (Å²) in [6.45, 7) is 0.0303. The first-order valence-corrected chi connectivity index (χ1v) is 11.8. The number of hydrogen-bond donors (Lipinski definition) is 0. The summed E-state index contributed by atoms with van der Waals surface area (Å²) in [6, 6.07) is 9.70. The molecular formula is C22H22B4ClF2N3O4. The highest BCUT2D eigenvalue weighted by Crippen LogP contribution is 2.39. The molecule has 0 bridgehead atoms. The molecule has 182 valence electrons. The third-order valence-electron chi connectivity index (χ3n) is 7.33. The second-order valence-corrected chi connectivity index (χ2v) is 10.1. The first-order valence-electron chi connectivity index (χ1n) is 11.4. The molecule has 36 heavy (non-hydrogen) atoms. The van der Waals surface area contributed by atoms with Gasteiger partial charge < -0.3 is 14.5 Å². The fraction of sp³-hybridized carbons (Fsp3) is 0.273. The quantitative estimate of drug-likeness (QED) is 0.384. The SMILES string of the molecule is BC1CC(=O)N(B)C(=O)[C@@]1(B)N1Cc2cc(CN(B)C(=O)C(F)(F)c3ccc(Cl)cc3)ccc2C1=O. The van der Waals surface area contributed by atoms with Crippen molar-refractivity contribution >= 4 is 66.9 Å². The summed E-state index contributed by atoms with van der Waals surface area (Å²) in [5, 5.41) is 0.286. The van der Waals surface area contributed by atoms with Crippen molar-refractivity contribution in [3.05, 3.63) is 69.7 Å². The Bertz CT molecular complexity index is 1280. The van der Waals surface area contributed by atoms with Gasteiger partial charge in [0.25, 0.3) is 11.8 Å². The van der Waals surface area contributed by atoms with Crippen molar-refractivity contribution in [2.75, 3.05) is 0 Å². The number of piperidine rings is 1.